The number of amides is 1. The Morgan fingerprint density at radius 3 is 2.62 bits per heavy atom. The molecule has 1 atom stereocenters. The molecule has 0 fully saturated rings. The molecule has 5 nitrogen and oxygen atoms in total. The molecule has 1 aromatic heterocycles. The Kier molecular flexibility index (Phi) is 5.85. The van der Waals surface area contributed by atoms with Gasteiger partial charge in [0.05, 0.1) is 17.1 Å². The van der Waals surface area contributed by atoms with E-state index in [4.69, 9.17) is 17.4 Å². The normalized spacial score (nSPS) is 11.9. The Morgan fingerprint density at radius 2 is 1.92 bits per heavy atom. The molecular weight excluding hydrogens is 368 g/mol. The van der Waals surface area contributed by atoms with Crippen LogP contribution in [0.25, 0.3) is 11.3 Å². The number of halogens is 1. The smallest absolute Gasteiger partial charge is 0.233 e. The number of carbonyl (C=O) groups excluding carboxylic acids is 1. The predicted octanol–water partition coefficient (Wildman–Crippen LogP) is 3.71. The zero-order valence-corrected chi connectivity index (χ0v) is 15.8. The van der Waals surface area contributed by atoms with Gasteiger partial charge >= 0.3 is 0 Å². The molecule has 0 radical (unpaired) electrons. The maximum Gasteiger partial charge on any atom is 0.233 e. The molecule has 7 heteroatoms. The van der Waals surface area contributed by atoms with Crippen LogP contribution in [0.4, 0.5) is 0 Å². The first kappa shape index (κ1) is 18.4. The van der Waals surface area contributed by atoms with Gasteiger partial charge in [-0.05, 0) is 24.6 Å². The average Bonchev–Trinajstić information content (AvgIpc) is 3.02. The molecule has 0 saturated heterocycles. The molecule has 0 saturated carbocycles. The maximum absolute atomic E-state index is 12.3. The summed E-state index contributed by atoms with van der Waals surface area (Å²) in [5.74, 6) is 5.92. The molecule has 0 bridgehead atoms. The molecular formula is C19H19ClN4OS. The molecule has 3 rings (SSSR count). The van der Waals surface area contributed by atoms with E-state index in [1.54, 1.807) is 18.3 Å². The molecule has 0 spiro atoms. The summed E-state index contributed by atoms with van der Waals surface area (Å²) in [7, 11) is 0. The van der Waals surface area contributed by atoms with Crippen molar-refractivity contribution in [3.63, 3.8) is 0 Å². The molecule has 0 aliphatic rings. The first-order valence-corrected chi connectivity index (χ1v) is 9.37. The Labute approximate surface area is 161 Å². The average molecular weight is 387 g/mol. The number of hydrogen-bond acceptors (Lipinski definition) is 4. The Hall–Kier alpha value is -2.44. The van der Waals surface area contributed by atoms with E-state index in [2.05, 4.69) is 10.3 Å². The summed E-state index contributed by atoms with van der Waals surface area (Å²) in [4.78, 5) is 16.9. The summed E-state index contributed by atoms with van der Waals surface area (Å²) in [5, 5.41) is 3.86. The summed E-state index contributed by atoms with van der Waals surface area (Å²) >= 11 is 7.19. The van der Waals surface area contributed by atoms with Gasteiger partial charge in [0.25, 0.3) is 0 Å². The molecule has 1 unspecified atom stereocenters. The summed E-state index contributed by atoms with van der Waals surface area (Å²) in [6, 6.07) is 17.2. The van der Waals surface area contributed by atoms with Gasteiger partial charge in [-0.15, -0.1) is 0 Å². The van der Waals surface area contributed by atoms with Crippen LogP contribution in [-0.4, -0.2) is 20.8 Å². The third-order valence-electron chi connectivity index (χ3n) is 3.80. The van der Waals surface area contributed by atoms with Crippen molar-refractivity contribution in [2.45, 2.75) is 23.9 Å². The van der Waals surface area contributed by atoms with Crippen LogP contribution >= 0.6 is 23.4 Å². The van der Waals surface area contributed by atoms with Gasteiger partial charge in [-0.3, -0.25) is 4.79 Å². The number of nitrogen functional groups attached to an aromatic ring is 1. The van der Waals surface area contributed by atoms with Crippen molar-refractivity contribution >= 4 is 29.3 Å². The minimum absolute atomic E-state index is 0.0748. The lowest BCUT2D eigenvalue weighted by molar-refractivity contribution is -0.120. The van der Waals surface area contributed by atoms with E-state index >= 15 is 0 Å². The van der Waals surface area contributed by atoms with Crippen LogP contribution in [0.15, 0.2) is 66.0 Å². The van der Waals surface area contributed by atoms with Crippen molar-refractivity contribution in [3.05, 3.63) is 71.4 Å². The fraction of sp³-hybridized carbons (Fsp3) is 0.158. The van der Waals surface area contributed by atoms with Gasteiger partial charge in [0, 0.05) is 17.1 Å². The first-order valence-electron chi connectivity index (χ1n) is 8.11. The van der Waals surface area contributed by atoms with Crippen LogP contribution in [0, 0.1) is 0 Å². The van der Waals surface area contributed by atoms with Crippen LogP contribution < -0.4 is 11.2 Å². The fourth-order valence-corrected chi connectivity index (χ4v) is 3.32. The number of thioether (sulfide) groups is 1. The highest BCUT2D eigenvalue weighted by Crippen LogP contribution is 2.25. The quantitative estimate of drug-likeness (QED) is 0.500. The van der Waals surface area contributed by atoms with E-state index in [-0.39, 0.29) is 11.2 Å². The molecule has 1 amide bonds. The number of carbonyl (C=O) groups is 1. The lowest BCUT2D eigenvalue weighted by Crippen LogP contribution is -2.30. The van der Waals surface area contributed by atoms with E-state index < -0.39 is 0 Å². The summed E-state index contributed by atoms with van der Waals surface area (Å²) in [6.07, 6.45) is 1.76. The summed E-state index contributed by atoms with van der Waals surface area (Å²) < 4.78 is 1.45. The van der Waals surface area contributed by atoms with Crippen molar-refractivity contribution in [2.75, 3.05) is 5.84 Å². The van der Waals surface area contributed by atoms with Gasteiger partial charge in [0.15, 0.2) is 5.16 Å². The minimum Gasteiger partial charge on any atom is -0.351 e. The molecule has 2 aromatic carbocycles. The summed E-state index contributed by atoms with van der Waals surface area (Å²) in [5.41, 5.74) is 2.76. The standard InChI is InChI=1S/C19H19ClN4OS/c1-13(18(25)22-11-14-7-9-16(20)10-8-14)26-19-23-17(12-24(19)21)15-5-3-2-4-6-15/h2-10,12-13H,11,21H2,1H3,(H,22,25). The lowest BCUT2D eigenvalue weighted by atomic mass is 10.2. The highest BCUT2D eigenvalue weighted by Gasteiger charge is 2.18. The zero-order valence-electron chi connectivity index (χ0n) is 14.2. The fourth-order valence-electron chi connectivity index (χ4n) is 2.36. The third kappa shape index (κ3) is 4.59. The lowest BCUT2D eigenvalue weighted by Gasteiger charge is -2.11. The number of imidazole rings is 1. The van der Waals surface area contributed by atoms with E-state index in [0.29, 0.717) is 16.7 Å². The van der Waals surface area contributed by atoms with Gasteiger partial charge in [-0.25, -0.2) is 9.66 Å². The third-order valence-corrected chi connectivity index (χ3v) is 5.13. The molecule has 0 aliphatic heterocycles. The summed E-state index contributed by atoms with van der Waals surface area (Å²) in [6.45, 7) is 2.28. The van der Waals surface area contributed by atoms with Crippen molar-refractivity contribution in [3.8, 4) is 11.3 Å². The number of nitrogens with one attached hydrogen (secondary N) is 1. The molecule has 1 heterocycles. The molecule has 134 valence electrons. The van der Waals surface area contributed by atoms with E-state index in [9.17, 15) is 4.79 Å². The monoisotopic (exact) mass is 386 g/mol. The minimum atomic E-state index is -0.323. The Morgan fingerprint density at radius 1 is 1.23 bits per heavy atom. The van der Waals surface area contributed by atoms with Crippen molar-refractivity contribution in [1.82, 2.24) is 15.0 Å². The number of aromatic nitrogens is 2. The Balaban J connectivity index is 1.60. The predicted molar refractivity (Wildman–Crippen MR) is 106 cm³/mol. The second-order valence-electron chi connectivity index (χ2n) is 5.79. The number of benzene rings is 2. The van der Waals surface area contributed by atoms with Gasteiger partial charge in [0.2, 0.25) is 5.91 Å². The van der Waals surface area contributed by atoms with Gasteiger partial charge in [0.1, 0.15) is 0 Å². The number of nitrogens with two attached hydrogens (primary N) is 1. The molecule has 0 aliphatic carbocycles. The molecule has 3 N–H and O–H groups in total. The second-order valence-corrected chi connectivity index (χ2v) is 7.53. The van der Waals surface area contributed by atoms with Gasteiger partial charge in [-0.1, -0.05) is 65.8 Å². The highest BCUT2D eigenvalue weighted by molar-refractivity contribution is 8.00. The second kappa shape index (κ2) is 8.29. The van der Waals surface area contributed by atoms with E-state index in [1.807, 2.05) is 49.4 Å². The SMILES string of the molecule is CC(Sc1nc(-c2ccccc2)cn1N)C(=O)NCc1ccc(Cl)cc1. The van der Waals surface area contributed by atoms with Crippen molar-refractivity contribution < 1.29 is 4.79 Å². The van der Waals surface area contributed by atoms with E-state index in [1.165, 1.54) is 16.4 Å². The first-order chi connectivity index (χ1) is 12.5. The number of rotatable bonds is 6. The van der Waals surface area contributed by atoms with Crippen molar-refractivity contribution in [1.29, 1.82) is 0 Å². The topological polar surface area (TPSA) is 72.9 Å². The largest absolute Gasteiger partial charge is 0.351 e. The Bertz CT molecular complexity index is 880. The van der Waals surface area contributed by atoms with E-state index in [0.717, 1.165) is 16.8 Å². The van der Waals surface area contributed by atoms with Crippen LogP contribution in [0.3, 0.4) is 0 Å². The van der Waals surface area contributed by atoms with Crippen molar-refractivity contribution in [2.24, 2.45) is 0 Å². The zero-order chi connectivity index (χ0) is 18.5. The van der Waals surface area contributed by atoms with Gasteiger partial charge < -0.3 is 11.2 Å². The maximum atomic E-state index is 12.3. The van der Waals surface area contributed by atoms with Gasteiger partial charge in [-0.2, -0.15) is 0 Å². The van der Waals surface area contributed by atoms with Crippen LogP contribution in [0.5, 0.6) is 0 Å². The van der Waals surface area contributed by atoms with Crippen LogP contribution in [0.1, 0.15) is 12.5 Å². The number of nitrogens with zero attached hydrogens (tertiary/aromatic N) is 2. The van der Waals surface area contributed by atoms with Crippen LogP contribution in [-0.2, 0) is 11.3 Å². The molecule has 3 aromatic rings. The van der Waals surface area contributed by atoms with Crippen LogP contribution in [0.2, 0.25) is 5.02 Å². The highest BCUT2D eigenvalue weighted by atomic mass is 35.5. The number of hydrogen-bond donors (Lipinski definition) is 2. The molecule has 26 heavy (non-hydrogen) atoms.